The standard InChI is InChI=1S/C15H24N2O3/c1-15(2,3)13(10-18)17(4)14(19)16-11-7-6-8-12(9-11)20-5/h6-9,13,18H,10H2,1-5H3,(H,16,19)/t13-/m1/s1. The van der Waals surface area contributed by atoms with Gasteiger partial charge in [-0.3, -0.25) is 0 Å². The van der Waals surface area contributed by atoms with Crippen molar-refractivity contribution in [2.45, 2.75) is 26.8 Å². The van der Waals surface area contributed by atoms with E-state index in [2.05, 4.69) is 5.32 Å². The van der Waals surface area contributed by atoms with Gasteiger partial charge in [0.1, 0.15) is 5.75 Å². The second-order valence-corrected chi connectivity index (χ2v) is 5.84. The monoisotopic (exact) mass is 280 g/mol. The van der Waals surface area contributed by atoms with Crippen LogP contribution in [0.3, 0.4) is 0 Å². The zero-order chi connectivity index (χ0) is 15.3. The molecule has 0 saturated carbocycles. The lowest BCUT2D eigenvalue weighted by Gasteiger charge is -2.36. The number of nitrogens with one attached hydrogen (secondary N) is 1. The van der Waals surface area contributed by atoms with E-state index in [1.165, 1.54) is 4.90 Å². The van der Waals surface area contributed by atoms with Crippen LogP contribution in [-0.4, -0.2) is 42.8 Å². The van der Waals surface area contributed by atoms with Gasteiger partial charge in [-0.2, -0.15) is 0 Å². The summed E-state index contributed by atoms with van der Waals surface area (Å²) in [5, 5.41) is 12.3. The maximum absolute atomic E-state index is 12.2. The Morgan fingerprint density at radius 3 is 2.60 bits per heavy atom. The van der Waals surface area contributed by atoms with Crippen LogP contribution in [0.4, 0.5) is 10.5 Å². The predicted octanol–water partition coefficient (Wildman–Crippen LogP) is 2.57. The Hall–Kier alpha value is -1.75. The van der Waals surface area contributed by atoms with E-state index in [1.807, 2.05) is 32.9 Å². The smallest absolute Gasteiger partial charge is 0.321 e. The fourth-order valence-electron chi connectivity index (χ4n) is 2.03. The molecule has 1 aromatic rings. The van der Waals surface area contributed by atoms with Crippen molar-refractivity contribution in [1.29, 1.82) is 0 Å². The first-order chi connectivity index (χ1) is 9.29. The zero-order valence-corrected chi connectivity index (χ0v) is 12.8. The summed E-state index contributed by atoms with van der Waals surface area (Å²) in [7, 11) is 3.26. The quantitative estimate of drug-likeness (QED) is 0.891. The Morgan fingerprint density at radius 1 is 1.45 bits per heavy atom. The summed E-state index contributed by atoms with van der Waals surface area (Å²) in [5.74, 6) is 0.681. The lowest BCUT2D eigenvalue weighted by atomic mass is 9.86. The molecule has 0 aliphatic carbocycles. The second-order valence-electron chi connectivity index (χ2n) is 5.84. The molecular weight excluding hydrogens is 256 g/mol. The summed E-state index contributed by atoms with van der Waals surface area (Å²) < 4.78 is 5.11. The Morgan fingerprint density at radius 2 is 2.10 bits per heavy atom. The van der Waals surface area contributed by atoms with Crippen LogP contribution in [0.5, 0.6) is 5.75 Å². The van der Waals surface area contributed by atoms with Crippen LogP contribution in [0.15, 0.2) is 24.3 Å². The number of hydrogen-bond acceptors (Lipinski definition) is 3. The third-order valence-electron chi connectivity index (χ3n) is 3.28. The van der Waals surface area contributed by atoms with Gasteiger partial charge in [-0.05, 0) is 17.5 Å². The topological polar surface area (TPSA) is 61.8 Å². The second kappa shape index (κ2) is 6.61. The molecule has 0 aliphatic rings. The van der Waals surface area contributed by atoms with Gasteiger partial charge in [-0.1, -0.05) is 26.8 Å². The van der Waals surface area contributed by atoms with E-state index >= 15 is 0 Å². The molecule has 0 aliphatic heterocycles. The fraction of sp³-hybridized carbons (Fsp3) is 0.533. The van der Waals surface area contributed by atoms with Gasteiger partial charge in [-0.15, -0.1) is 0 Å². The number of urea groups is 1. The molecule has 5 heteroatoms. The normalized spacial score (nSPS) is 12.7. The number of aliphatic hydroxyl groups is 1. The molecule has 1 atom stereocenters. The van der Waals surface area contributed by atoms with Crippen molar-refractivity contribution in [3.8, 4) is 5.75 Å². The first-order valence-corrected chi connectivity index (χ1v) is 6.58. The van der Waals surface area contributed by atoms with E-state index < -0.39 is 0 Å². The highest BCUT2D eigenvalue weighted by atomic mass is 16.5. The molecule has 20 heavy (non-hydrogen) atoms. The minimum Gasteiger partial charge on any atom is -0.497 e. The molecule has 2 amide bonds. The number of nitrogens with zero attached hydrogens (tertiary/aromatic N) is 1. The number of hydrogen-bond donors (Lipinski definition) is 2. The molecule has 0 unspecified atom stereocenters. The number of rotatable bonds is 4. The summed E-state index contributed by atoms with van der Waals surface area (Å²) in [6.07, 6.45) is 0. The van der Waals surface area contributed by atoms with Gasteiger partial charge in [-0.25, -0.2) is 4.79 Å². The molecular formula is C15H24N2O3. The van der Waals surface area contributed by atoms with Crippen LogP contribution < -0.4 is 10.1 Å². The average molecular weight is 280 g/mol. The molecule has 0 spiro atoms. The molecule has 1 aromatic carbocycles. The molecule has 112 valence electrons. The number of amides is 2. The number of anilines is 1. The van der Waals surface area contributed by atoms with Gasteiger partial charge < -0.3 is 20.1 Å². The van der Waals surface area contributed by atoms with E-state index in [0.29, 0.717) is 11.4 Å². The van der Waals surface area contributed by atoms with Gasteiger partial charge in [0.15, 0.2) is 0 Å². The molecule has 2 N–H and O–H groups in total. The molecule has 5 nitrogen and oxygen atoms in total. The van der Waals surface area contributed by atoms with Crippen molar-refractivity contribution in [3.63, 3.8) is 0 Å². The molecule has 0 radical (unpaired) electrons. The van der Waals surface area contributed by atoms with Gasteiger partial charge >= 0.3 is 6.03 Å². The van der Waals surface area contributed by atoms with Gasteiger partial charge in [0.25, 0.3) is 0 Å². The molecule has 1 rings (SSSR count). The van der Waals surface area contributed by atoms with Crippen LogP contribution in [0, 0.1) is 5.41 Å². The molecule has 0 heterocycles. The summed E-state index contributed by atoms with van der Waals surface area (Å²) >= 11 is 0. The molecule has 0 bridgehead atoms. The van der Waals surface area contributed by atoms with Crippen molar-refractivity contribution in [2.75, 3.05) is 26.1 Å². The van der Waals surface area contributed by atoms with E-state index in [4.69, 9.17) is 4.74 Å². The fourth-order valence-corrected chi connectivity index (χ4v) is 2.03. The first kappa shape index (κ1) is 16.3. The predicted molar refractivity (Wildman–Crippen MR) is 80.1 cm³/mol. The highest BCUT2D eigenvalue weighted by Gasteiger charge is 2.30. The zero-order valence-electron chi connectivity index (χ0n) is 12.8. The lowest BCUT2D eigenvalue weighted by Crippen LogP contribution is -2.48. The average Bonchev–Trinajstić information content (AvgIpc) is 2.37. The van der Waals surface area contributed by atoms with Crippen molar-refractivity contribution in [1.82, 2.24) is 4.90 Å². The Balaban J connectivity index is 2.79. The van der Waals surface area contributed by atoms with E-state index in [0.717, 1.165) is 0 Å². The number of carbonyl (C=O) groups excluding carboxylic acids is 1. The Labute approximate surface area is 120 Å². The van der Waals surface area contributed by atoms with Crippen LogP contribution in [0.2, 0.25) is 0 Å². The van der Waals surface area contributed by atoms with E-state index in [9.17, 15) is 9.90 Å². The van der Waals surface area contributed by atoms with E-state index in [1.54, 1.807) is 26.3 Å². The minimum absolute atomic E-state index is 0.0778. The molecule has 0 aromatic heterocycles. The maximum Gasteiger partial charge on any atom is 0.321 e. The maximum atomic E-state index is 12.2. The van der Waals surface area contributed by atoms with Gasteiger partial charge in [0.2, 0.25) is 0 Å². The Kier molecular flexibility index (Phi) is 5.39. The highest BCUT2D eigenvalue weighted by Crippen LogP contribution is 2.24. The van der Waals surface area contributed by atoms with Gasteiger partial charge in [0, 0.05) is 18.8 Å². The SMILES string of the molecule is COc1cccc(NC(=O)N(C)[C@H](CO)C(C)(C)C)c1. The van der Waals surface area contributed by atoms with Crippen molar-refractivity contribution < 1.29 is 14.6 Å². The third-order valence-corrected chi connectivity index (χ3v) is 3.28. The largest absolute Gasteiger partial charge is 0.497 e. The molecule has 0 saturated heterocycles. The number of benzene rings is 1. The number of carbonyl (C=O) groups is 1. The van der Waals surface area contributed by atoms with Crippen molar-refractivity contribution >= 4 is 11.7 Å². The van der Waals surface area contributed by atoms with Crippen LogP contribution in [0.25, 0.3) is 0 Å². The number of likely N-dealkylation sites (N-methyl/N-ethyl adjacent to an activating group) is 1. The first-order valence-electron chi connectivity index (χ1n) is 6.58. The Bertz CT molecular complexity index is 455. The van der Waals surface area contributed by atoms with E-state index in [-0.39, 0.29) is 24.1 Å². The number of aliphatic hydroxyl groups excluding tert-OH is 1. The van der Waals surface area contributed by atoms with Crippen molar-refractivity contribution in [3.05, 3.63) is 24.3 Å². The lowest BCUT2D eigenvalue weighted by molar-refractivity contribution is 0.0886. The number of methoxy groups -OCH3 is 1. The van der Waals surface area contributed by atoms with Crippen molar-refractivity contribution in [2.24, 2.45) is 5.41 Å². The summed E-state index contributed by atoms with van der Waals surface area (Å²) in [6.45, 7) is 5.89. The minimum atomic E-state index is -0.257. The number of ether oxygens (including phenoxy) is 1. The van der Waals surface area contributed by atoms with Crippen LogP contribution >= 0.6 is 0 Å². The summed E-state index contributed by atoms with van der Waals surface area (Å²) in [4.78, 5) is 13.7. The summed E-state index contributed by atoms with van der Waals surface area (Å²) in [5.41, 5.74) is 0.460. The van der Waals surface area contributed by atoms with Gasteiger partial charge in [0.05, 0.1) is 19.8 Å². The highest BCUT2D eigenvalue weighted by molar-refractivity contribution is 5.89. The third kappa shape index (κ3) is 4.13. The van der Waals surface area contributed by atoms with Crippen LogP contribution in [0.1, 0.15) is 20.8 Å². The molecule has 0 fully saturated rings. The summed E-state index contributed by atoms with van der Waals surface area (Å²) in [6, 6.07) is 6.64. The van der Waals surface area contributed by atoms with Crippen LogP contribution in [-0.2, 0) is 0 Å².